The number of benzene rings is 1. The van der Waals surface area contributed by atoms with Gasteiger partial charge in [0.05, 0.1) is 11.9 Å². The molecular weight excluding hydrogens is 406 g/mol. The summed E-state index contributed by atoms with van der Waals surface area (Å²) in [6.07, 6.45) is 6.55. The van der Waals surface area contributed by atoms with Crippen LogP contribution in [0.1, 0.15) is 36.8 Å². The number of hydrogen-bond acceptors (Lipinski definition) is 6. The summed E-state index contributed by atoms with van der Waals surface area (Å²) in [5.74, 6) is 2.73. The zero-order valence-electron chi connectivity index (χ0n) is 15.8. The van der Waals surface area contributed by atoms with Gasteiger partial charge in [0.15, 0.2) is 0 Å². The van der Waals surface area contributed by atoms with E-state index in [0.29, 0.717) is 5.92 Å². The Morgan fingerprint density at radius 1 is 1.07 bits per heavy atom. The van der Waals surface area contributed by atoms with E-state index >= 15 is 0 Å². The molecule has 1 atom stereocenters. The summed E-state index contributed by atoms with van der Waals surface area (Å²) < 4.78 is 4.23. The highest BCUT2D eigenvalue weighted by Gasteiger charge is 2.29. The first-order chi connectivity index (χ1) is 14.2. The van der Waals surface area contributed by atoms with Crippen LogP contribution in [0, 0.1) is 0 Å². The van der Waals surface area contributed by atoms with Gasteiger partial charge in [-0.1, -0.05) is 35.1 Å². The van der Waals surface area contributed by atoms with Crippen molar-refractivity contribution in [1.29, 1.82) is 0 Å². The second-order valence-corrected chi connectivity index (χ2v) is 9.13. The minimum atomic E-state index is 0.420. The maximum absolute atomic E-state index is 5.99. The van der Waals surface area contributed by atoms with E-state index in [1.165, 1.54) is 6.42 Å². The molecule has 0 saturated carbocycles. The molecule has 0 radical (unpaired) electrons. The van der Waals surface area contributed by atoms with Crippen LogP contribution in [0.5, 0.6) is 0 Å². The van der Waals surface area contributed by atoms with Gasteiger partial charge >= 0.3 is 0 Å². The minimum absolute atomic E-state index is 0.420. The van der Waals surface area contributed by atoms with Gasteiger partial charge in [0, 0.05) is 42.6 Å². The van der Waals surface area contributed by atoms with Crippen molar-refractivity contribution in [2.45, 2.75) is 38.1 Å². The number of halogens is 1. The first-order valence-electron chi connectivity index (χ1n) is 10.0. The quantitative estimate of drug-likeness (QED) is 0.495. The Morgan fingerprint density at radius 2 is 1.97 bits per heavy atom. The zero-order valence-corrected chi connectivity index (χ0v) is 17.4. The van der Waals surface area contributed by atoms with Gasteiger partial charge in [0.1, 0.15) is 11.6 Å². The molecule has 2 aliphatic rings. The van der Waals surface area contributed by atoms with E-state index in [4.69, 9.17) is 21.7 Å². The number of rotatable bonds is 3. The highest BCUT2D eigenvalue weighted by molar-refractivity contribution is 7.20. The molecule has 4 aromatic rings. The van der Waals surface area contributed by atoms with Gasteiger partial charge < -0.3 is 9.47 Å². The number of fused-ring (bicyclic) bond motifs is 2. The van der Waals surface area contributed by atoms with Crippen molar-refractivity contribution < 1.29 is 0 Å². The van der Waals surface area contributed by atoms with Crippen molar-refractivity contribution in [2.24, 2.45) is 0 Å². The van der Waals surface area contributed by atoms with Crippen molar-refractivity contribution >= 4 is 33.0 Å². The lowest BCUT2D eigenvalue weighted by Crippen LogP contribution is -2.35. The molecule has 1 fully saturated rings. The molecule has 5 heterocycles. The summed E-state index contributed by atoms with van der Waals surface area (Å²) in [5, 5.41) is 15.5. The lowest BCUT2D eigenvalue weighted by Gasteiger charge is -2.31. The molecule has 6 rings (SSSR count). The summed E-state index contributed by atoms with van der Waals surface area (Å²) in [5.41, 5.74) is 1.97. The number of nitrogens with zero attached hydrogens (tertiary/aromatic N) is 7. The summed E-state index contributed by atoms with van der Waals surface area (Å²) in [7, 11) is 0. The normalized spacial score (nSPS) is 19.2. The van der Waals surface area contributed by atoms with E-state index in [0.717, 1.165) is 76.9 Å². The van der Waals surface area contributed by atoms with Crippen LogP contribution in [-0.2, 0) is 13.0 Å². The smallest absolute Gasteiger partial charge is 0.214 e. The maximum atomic E-state index is 5.99. The van der Waals surface area contributed by atoms with Crippen molar-refractivity contribution in [2.75, 3.05) is 18.0 Å². The van der Waals surface area contributed by atoms with Gasteiger partial charge in [-0.2, -0.15) is 0 Å². The van der Waals surface area contributed by atoms with Gasteiger partial charge in [-0.05, 0) is 31.4 Å². The molecule has 2 aliphatic heterocycles. The fraction of sp³-hybridized carbons (Fsp3) is 0.400. The largest absolute Gasteiger partial charge is 0.346 e. The van der Waals surface area contributed by atoms with Crippen LogP contribution in [0.25, 0.3) is 16.2 Å². The average molecular weight is 426 g/mol. The van der Waals surface area contributed by atoms with Crippen LogP contribution < -0.4 is 4.90 Å². The highest BCUT2D eigenvalue weighted by Crippen LogP contribution is 2.33. The summed E-state index contributed by atoms with van der Waals surface area (Å²) in [6, 6.07) is 7.75. The molecule has 148 valence electrons. The van der Waals surface area contributed by atoms with Gasteiger partial charge in [-0.3, -0.25) is 0 Å². The Bertz CT molecular complexity index is 1140. The fourth-order valence-electron chi connectivity index (χ4n) is 4.41. The average Bonchev–Trinajstić information content (AvgIpc) is 3.48. The van der Waals surface area contributed by atoms with Crippen molar-refractivity contribution in [3.63, 3.8) is 0 Å². The zero-order chi connectivity index (χ0) is 19.4. The van der Waals surface area contributed by atoms with E-state index in [-0.39, 0.29) is 0 Å². The highest BCUT2D eigenvalue weighted by atomic mass is 35.5. The predicted octanol–water partition coefficient (Wildman–Crippen LogP) is 4.03. The summed E-state index contributed by atoms with van der Waals surface area (Å²) in [6.45, 7) is 3.03. The second-order valence-electron chi connectivity index (χ2n) is 7.76. The molecule has 3 aromatic heterocycles. The lowest BCUT2D eigenvalue weighted by atomic mass is 9.97. The number of piperidine rings is 1. The van der Waals surface area contributed by atoms with Crippen LogP contribution in [0.4, 0.5) is 5.13 Å². The molecule has 1 aromatic carbocycles. The molecule has 0 spiro atoms. The molecule has 0 bridgehead atoms. The number of imidazole rings is 1. The van der Waals surface area contributed by atoms with E-state index in [1.54, 1.807) is 11.3 Å². The van der Waals surface area contributed by atoms with Gasteiger partial charge in [-0.15, -0.1) is 15.3 Å². The van der Waals surface area contributed by atoms with Gasteiger partial charge in [-0.25, -0.2) is 9.50 Å². The molecule has 0 N–H and O–H groups in total. The number of aromatic nitrogens is 6. The Kier molecular flexibility index (Phi) is 4.09. The number of hydrogen-bond donors (Lipinski definition) is 0. The summed E-state index contributed by atoms with van der Waals surface area (Å²) >= 11 is 7.64. The Balaban J connectivity index is 1.25. The third-order valence-electron chi connectivity index (χ3n) is 5.87. The molecule has 1 saturated heterocycles. The third kappa shape index (κ3) is 3.02. The fourth-order valence-corrected chi connectivity index (χ4v) is 5.46. The van der Waals surface area contributed by atoms with E-state index < -0.39 is 0 Å². The topological polar surface area (TPSA) is 64.1 Å². The molecule has 0 aliphatic carbocycles. The van der Waals surface area contributed by atoms with Crippen LogP contribution in [0.3, 0.4) is 0 Å². The number of anilines is 1. The van der Waals surface area contributed by atoms with E-state index in [9.17, 15) is 0 Å². The molecule has 0 amide bonds. The SMILES string of the molecule is Clc1ccc(-c2cn3nc(N4CCCC(c5nnc6n5CCC6)C4)sc3n2)cc1. The van der Waals surface area contributed by atoms with Crippen LogP contribution >= 0.6 is 22.9 Å². The Morgan fingerprint density at radius 3 is 2.83 bits per heavy atom. The molecule has 7 nitrogen and oxygen atoms in total. The van der Waals surface area contributed by atoms with Crippen molar-refractivity contribution in [1.82, 2.24) is 29.4 Å². The van der Waals surface area contributed by atoms with E-state index in [2.05, 4.69) is 19.7 Å². The van der Waals surface area contributed by atoms with Crippen molar-refractivity contribution in [3.05, 3.63) is 47.1 Å². The Labute approximate surface area is 177 Å². The van der Waals surface area contributed by atoms with Crippen LogP contribution in [0.15, 0.2) is 30.5 Å². The predicted molar refractivity (Wildman–Crippen MR) is 114 cm³/mol. The first kappa shape index (κ1) is 17.4. The molecular formula is C20H20ClN7S. The molecule has 1 unspecified atom stereocenters. The van der Waals surface area contributed by atoms with Crippen molar-refractivity contribution in [3.8, 4) is 11.3 Å². The van der Waals surface area contributed by atoms with Gasteiger partial charge in [0.25, 0.3) is 0 Å². The third-order valence-corrected chi connectivity index (χ3v) is 7.10. The standard InChI is InChI=1S/C20H20ClN7S/c21-15-7-5-13(6-8-15)16-12-28-19(22-16)29-20(25-28)26-9-1-3-14(11-26)18-24-23-17-4-2-10-27(17)18/h5-8,12,14H,1-4,9-11H2. The molecule has 29 heavy (non-hydrogen) atoms. The number of aryl methyl sites for hydroxylation is 1. The monoisotopic (exact) mass is 425 g/mol. The summed E-state index contributed by atoms with van der Waals surface area (Å²) in [4.78, 5) is 8.06. The van der Waals surface area contributed by atoms with E-state index in [1.807, 2.05) is 35.0 Å². The van der Waals surface area contributed by atoms with Crippen LogP contribution in [0.2, 0.25) is 5.02 Å². The Hall–Kier alpha value is -2.45. The maximum Gasteiger partial charge on any atom is 0.214 e. The van der Waals surface area contributed by atoms with Crippen LogP contribution in [-0.4, -0.2) is 42.5 Å². The lowest BCUT2D eigenvalue weighted by molar-refractivity contribution is 0.472. The first-order valence-corrected chi connectivity index (χ1v) is 11.2. The molecule has 9 heteroatoms. The minimum Gasteiger partial charge on any atom is -0.346 e. The van der Waals surface area contributed by atoms with Gasteiger partial charge in [0.2, 0.25) is 10.1 Å². The second kappa shape index (κ2) is 6.81.